The minimum absolute atomic E-state index is 0.135. The van der Waals surface area contributed by atoms with Crippen LogP contribution >= 0.6 is 15.9 Å². The minimum atomic E-state index is -0.410. The molecule has 0 unspecified atom stereocenters. The van der Waals surface area contributed by atoms with Crippen LogP contribution in [0.25, 0.3) is 0 Å². The molecule has 1 amide bonds. The van der Waals surface area contributed by atoms with Gasteiger partial charge in [-0.2, -0.15) is 0 Å². The predicted octanol–water partition coefficient (Wildman–Crippen LogP) is 0.486. The molecule has 1 heterocycles. The molecule has 0 atom stereocenters. The zero-order chi connectivity index (χ0) is 9.84. The smallest absolute Gasteiger partial charge is 0.250 e. The van der Waals surface area contributed by atoms with Crippen molar-refractivity contribution in [1.82, 2.24) is 4.57 Å². The molecule has 1 aromatic rings. The number of hydrogen-bond donors (Lipinski definition) is 1. The summed E-state index contributed by atoms with van der Waals surface area (Å²) in [7, 11) is 0. The SMILES string of the molecule is NC(=O)CCn1cc(Br)ccc1=O. The fourth-order valence-electron chi connectivity index (χ4n) is 0.908. The van der Waals surface area contributed by atoms with Crippen LogP contribution in [0.2, 0.25) is 0 Å². The first-order valence-electron chi connectivity index (χ1n) is 3.74. The van der Waals surface area contributed by atoms with Gasteiger partial charge >= 0.3 is 0 Å². The summed E-state index contributed by atoms with van der Waals surface area (Å²) in [5, 5.41) is 0. The van der Waals surface area contributed by atoms with E-state index in [0.29, 0.717) is 6.54 Å². The lowest BCUT2D eigenvalue weighted by atomic mass is 10.4. The van der Waals surface area contributed by atoms with Gasteiger partial charge in [-0.05, 0) is 22.0 Å². The van der Waals surface area contributed by atoms with Crippen LogP contribution in [-0.4, -0.2) is 10.5 Å². The largest absolute Gasteiger partial charge is 0.370 e. The molecule has 2 N–H and O–H groups in total. The van der Waals surface area contributed by atoms with Gasteiger partial charge in [-0.25, -0.2) is 0 Å². The van der Waals surface area contributed by atoms with Gasteiger partial charge in [0.2, 0.25) is 5.91 Å². The molecule has 0 fully saturated rings. The third kappa shape index (κ3) is 3.02. The highest BCUT2D eigenvalue weighted by atomic mass is 79.9. The normalized spacial score (nSPS) is 9.92. The quantitative estimate of drug-likeness (QED) is 0.841. The van der Waals surface area contributed by atoms with Crippen molar-refractivity contribution in [3.8, 4) is 0 Å². The summed E-state index contributed by atoms with van der Waals surface area (Å²) in [5.74, 6) is -0.410. The Balaban J connectivity index is 2.82. The highest BCUT2D eigenvalue weighted by Crippen LogP contribution is 2.04. The van der Waals surface area contributed by atoms with E-state index in [0.717, 1.165) is 4.47 Å². The second kappa shape index (κ2) is 4.23. The summed E-state index contributed by atoms with van der Waals surface area (Å²) in [6.45, 7) is 0.327. The molecule has 1 rings (SSSR count). The van der Waals surface area contributed by atoms with E-state index in [2.05, 4.69) is 15.9 Å². The van der Waals surface area contributed by atoms with E-state index in [9.17, 15) is 9.59 Å². The second-order valence-corrected chi connectivity index (χ2v) is 3.51. The first-order valence-corrected chi connectivity index (χ1v) is 4.53. The molecule has 0 radical (unpaired) electrons. The lowest BCUT2D eigenvalue weighted by Crippen LogP contribution is -2.22. The summed E-state index contributed by atoms with van der Waals surface area (Å²) in [5.41, 5.74) is 4.83. The molecule has 0 aliphatic rings. The molecule has 0 aromatic carbocycles. The number of aryl methyl sites for hydroxylation is 1. The predicted molar refractivity (Wildman–Crippen MR) is 52.2 cm³/mol. The number of pyridine rings is 1. The van der Waals surface area contributed by atoms with Gasteiger partial charge in [0.15, 0.2) is 0 Å². The molecule has 0 aliphatic carbocycles. The van der Waals surface area contributed by atoms with Crippen LogP contribution in [0.15, 0.2) is 27.6 Å². The van der Waals surface area contributed by atoms with E-state index in [4.69, 9.17) is 5.73 Å². The highest BCUT2D eigenvalue weighted by Gasteiger charge is 1.98. The van der Waals surface area contributed by atoms with Crippen LogP contribution in [0.5, 0.6) is 0 Å². The molecular formula is C8H9BrN2O2. The van der Waals surface area contributed by atoms with E-state index >= 15 is 0 Å². The summed E-state index contributed by atoms with van der Waals surface area (Å²) >= 11 is 3.23. The van der Waals surface area contributed by atoms with Gasteiger partial charge in [0.25, 0.3) is 5.56 Å². The number of nitrogens with two attached hydrogens (primary N) is 1. The molecular weight excluding hydrogens is 236 g/mol. The number of halogens is 1. The first kappa shape index (κ1) is 9.98. The molecule has 0 spiro atoms. The molecule has 0 saturated carbocycles. The Bertz CT molecular complexity index is 373. The van der Waals surface area contributed by atoms with Crippen molar-refractivity contribution in [3.05, 3.63) is 33.2 Å². The zero-order valence-corrected chi connectivity index (χ0v) is 8.45. The molecule has 4 nitrogen and oxygen atoms in total. The van der Waals surface area contributed by atoms with Crippen molar-refractivity contribution >= 4 is 21.8 Å². The van der Waals surface area contributed by atoms with Crippen molar-refractivity contribution in [3.63, 3.8) is 0 Å². The van der Waals surface area contributed by atoms with E-state index in [1.165, 1.54) is 10.6 Å². The number of rotatable bonds is 3. The zero-order valence-electron chi connectivity index (χ0n) is 6.87. The Kier molecular flexibility index (Phi) is 3.25. The monoisotopic (exact) mass is 244 g/mol. The van der Waals surface area contributed by atoms with Gasteiger partial charge in [-0.3, -0.25) is 9.59 Å². The van der Waals surface area contributed by atoms with Crippen LogP contribution < -0.4 is 11.3 Å². The molecule has 0 bridgehead atoms. The third-order valence-electron chi connectivity index (χ3n) is 1.55. The average molecular weight is 245 g/mol. The van der Waals surface area contributed by atoms with Gasteiger partial charge in [-0.1, -0.05) is 0 Å². The molecule has 1 aromatic heterocycles. The Labute approximate surface area is 83.5 Å². The Morgan fingerprint density at radius 3 is 2.85 bits per heavy atom. The van der Waals surface area contributed by atoms with Crippen LogP contribution in [0, 0.1) is 0 Å². The van der Waals surface area contributed by atoms with Gasteiger partial charge in [0.05, 0.1) is 0 Å². The standard InChI is InChI=1S/C8H9BrN2O2/c9-6-1-2-8(13)11(5-6)4-3-7(10)12/h1-2,5H,3-4H2,(H2,10,12). The number of carbonyl (C=O) groups is 1. The Hall–Kier alpha value is -1.10. The summed E-state index contributed by atoms with van der Waals surface area (Å²) < 4.78 is 2.24. The highest BCUT2D eigenvalue weighted by molar-refractivity contribution is 9.10. The number of amides is 1. The number of aromatic nitrogens is 1. The van der Waals surface area contributed by atoms with Crippen molar-refractivity contribution in [1.29, 1.82) is 0 Å². The van der Waals surface area contributed by atoms with Crippen LogP contribution in [0.1, 0.15) is 6.42 Å². The Morgan fingerprint density at radius 2 is 2.23 bits per heavy atom. The van der Waals surface area contributed by atoms with E-state index in [-0.39, 0.29) is 12.0 Å². The summed E-state index contributed by atoms with van der Waals surface area (Å²) in [6.07, 6.45) is 1.81. The minimum Gasteiger partial charge on any atom is -0.370 e. The molecule has 0 saturated heterocycles. The summed E-state index contributed by atoms with van der Waals surface area (Å²) in [6, 6.07) is 3.09. The first-order chi connectivity index (χ1) is 6.09. The lowest BCUT2D eigenvalue weighted by Gasteiger charge is -2.02. The molecule has 13 heavy (non-hydrogen) atoms. The van der Waals surface area contributed by atoms with Gasteiger partial charge in [0.1, 0.15) is 0 Å². The van der Waals surface area contributed by atoms with E-state index < -0.39 is 5.91 Å². The summed E-state index contributed by atoms with van der Waals surface area (Å²) in [4.78, 5) is 21.6. The van der Waals surface area contributed by atoms with Crippen LogP contribution in [0.3, 0.4) is 0 Å². The second-order valence-electron chi connectivity index (χ2n) is 2.60. The van der Waals surface area contributed by atoms with Gasteiger partial charge in [-0.15, -0.1) is 0 Å². The maximum Gasteiger partial charge on any atom is 0.250 e. The third-order valence-corrected chi connectivity index (χ3v) is 2.02. The lowest BCUT2D eigenvalue weighted by molar-refractivity contribution is -0.118. The molecule has 5 heteroatoms. The van der Waals surface area contributed by atoms with E-state index in [1.54, 1.807) is 12.3 Å². The van der Waals surface area contributed by atoms with Crippen molar-refractivity contribution in [2.24, 2.45) is 5.73 Å². The number of carbonyl (C=O) groups excluding carboxylic acids is 1. The van der Waals surface area contributed by atoms with Gasteiger partial charge < -0.3 is 10.3 Å². The fourth-order valence-corrected chi connectivity index (χ4v) is 1.29. The fraction of sp³-hybridized carbons (Fsp3) is 0.250. The van der Waals surface area contributed by atoms with Crippen LogP contribution in [0.4, 0.5) is 0 Å². The van der Waals surface area contributed by atoms with E-state index in [1.807, 2.05) is 0 Å². The topological polar surface area (TPSA) is 65.1 Å². The number of hydrogen-bond acceptors (Lipinski definition) is 2. The van der Waals surface area contributed by atoms with Crippen molar-refractivity contribution in [2.45, 2.75) is 13.0 Å². The number of primary amides is 1. The number of nitrogens with zero attached hydrogens (tertiary/aromatic N) is 1. The van der Waals surface area contributed by atoms with Crippen molar-refractivity contribution < 1.29 is 4.79 Å². The van der Waals surface area contributed by atoms with Gasteiger partial charge in [0, 0.05) is 29.7 Å². The van der Waals surface area contributed by atoms with Crippen LogP contribution in [-0.2, 0) is 11.3 Å². The molecule has 70 valence electrons. The Morgan fingerprint density at radius 1 is 1.54 bits per heavy atom. The maximum atomic E-state index is 11.2. The average Bonchev–Trinajstić information content (AvgIpc) is 2.06. The van der Waals surface area contributed by atoms with Crippen molar-refractivity contribution in [2.75, 3.05) is 0 Å². The molecule has 0 aliphatic heterocycles. The maximum absolute atomic E-state index is 11.2.